The summed E-state index contributed by atoms with van der Waals surface area (Å²) in [5.74, 6) is -1.77. The SMILES string of the molecule is C=CCN(C(=O)C1N(CCCO)C(=O)[C@@H]2[C@@H](C(=O)OCC)[C@H]3CCC12S3)c1c(C)cccc1C. The van der Waals surface area contributed by atoms with Gasteiger partial charge in [0.2, 0.25) is 5.91 Å². The molecular formula is C26H34N2O5S. The number of likely N-dealkylation sites (tertiary alicyclic amines) is 1. The maximum atomic E-state index is 14.4. The van der Waals surface area contributed by atoms with Gasteiger partial charge in [-0.25, -0.2) is 0 Å². The van der Waals surface area contributed by atoms with Gasteiger partial charge < -0.3 is 19.6 Å². The highest BCUT2D eigenvalue weighted by atomic mass is 32.2. The Labute approximate surface area is 205 Å². The van der Waals surface area contributed by atoms with E-state index in [0.29, 0.717) is 19.4 Å². The highest BCUT2D eigenvalue weighted by Gasteiger charge is 2.74. The summed E-state index contributed by atoms with van der Waals surface area (Å²) in [6.07, 6.45) is 3.56. The first-order valence-corrected chi connectivity index (χ1v) is 12.9. The van der Waals surface area contributed by atoms with Crippen molar-refractivity contribution in [1.29, 1.82) is 0 Å². The van der Waals surface area contributed by atoms with E-state index in [1.165, 1.54) is 0 Å². The van der Waals surface area contributed by atoms with Gasteiger partial charge in [-0.1, -0.05) is 24.3 Å². The van der Waals surface area contributed by atoms with E-state index >= 15 is 0 Å². The highest BCUT2D eigenvalue weighted by Crippen LogP contribution is 2.66. The summed E-state index contributed by atoms with van der Waals surface area (Å²) in [4.78, 5) is 44.5. The summed E-state index contributed by atoms with van der Waals surface area (Å²) in [6, 6.07) is 5.21. The standard InChI is InChI=1S/C26H34N2O5S/c1-5-13-27(21-16(3)9-7-10-17(21)4)24(31)22-26-12-11-18(34-26)19(25(32)33-6-2)20(26)23(30)28(22)14-8-15-29/h5,7,9-10,18-20,22,29H,1,6,8,11-15H2,2-4H3/t18-,19+,20+,22?,26?/m1/s1. The minimum absolute atomic E-state index is 0.0173. The summed E-state index contributed by atoms with van der Waals surface area (Å²) in [6.45, 7) is 10.4. The third-order valence-electron chi connectivity index (χ3n) is 7.44. The number of para-hydroxylation sites is 1. The average molecular weight is 487 g/mol. The molecule has 0 saturated carbocycles. The number of fused-ring (bicyclic) bond motifs is 1. The number of anilines is 1. The van der Waals surface area contributed by atoms with E-state index in [1.807, 2.05) is 32.0 Å². The van der Waals surface area contributed by atoms with Gasteiger partial charge in [0.15, 0.2) is 0 Å². The van der Waals surface area contributed by atoms with E-state index in [9.17, 15) is 19.5 Å². The number of hydrogen-bond acceptors (Lipinski definition) is 6. The third-order valence-corrected chi connectivity index (χ3v) is 9.39. The second-order valence-corrected chi connectivity index (χ2v) is 11.0. The molecule has 34 heavy (non-hydrogen) atoms. The van der Waals surface area contributed by atoms with Crippen LogP contribution < -0.4 is 4.90 Å². The van der Waals surface area contributed by atoms with Crippen molar-refractivity contribution >= 4 is 35.2 Å². The lowest BCUT2D eigenvalue weighted by Gasteiger charge is -2.38. The molecule has 2 unspecified atom stereocenters. The zero-order chi connectivity index (χ0) is 24.6. The molecule has 3 saturated heterocycles. The number of ether oxygens (including phenoxy) is 1. The number of nitrogens with zero attached hydrogens (tertiary/aromatic N) is 2. The van der Waals surface area contributed by atoms with Crippen LogP contribution in [0.25, 0.3) is 0 Å². The number of benzene rings is 1. The number of hydrogen-bond donors (Lipinski definition) is 1. The minimum atomic E-state index is -0.704. The molecule has 2 bridgehead atoms. The Morgan fingerprint density at radius 3 is 2.68 bits per heavy atom. The van der Waals surface area contributed by atoms with Gasteiger partial charge in [-0.2, -0.15) is 0 Å². The number of carbonyl (C=O) groups is 3. The van der Waals surface area contributed by atoms with Gasteiger partial charge in [0.1, 0.15) is 6.04 Å². The first kappa shape index (κ1) is 24.8. The van der Waals surface area contributed by atoms with Gasteiger partial charge in [-0.15, -0.1) is 18.3 Å². The maximum absolute atomic E-state index is 14.4. The van der Waals surface area contributed by atoms with Crippen LogP contribution in [0.5, 0.6) is 0 Å². The van der Waals surface area contributed by atoms with Crippen LogP contribution in [0.15, 0.2) is 30.9 Å². The third kappa shape index (κ3) is 3.75. The Hall–Kier alpha value is -2.32. The van der Waals surface area contributed by atoms with Crippen LogP contribution in [-0.2, 0) is 19.1 Å². The van der Waals surface area contributed by atoms with E-state index < -0.39 is 22.6 Å². The Balaban J connectivity index is 1.79. The van der Waals surface area contributed by atoms with Crippen LogP contribution >= 0.6 is 11.8 Å². The van der Waals surface area contributed by atoms with Crippen LogP contribution in [0.4, 0.5) is 5.69 Å². The molecular weight excluding hydrogens is 452 g/mol. The number of thioether (sulfide) groups is 1. The van der Waals surface area contributed by atoms with Crippen LogP contribution in [0.3, 0.4) is 0 Å². The van der Waals surface area contributed by atoms with Crippen LogP contribution in [0.1, 0.15) is 37.3 Å². The molecule has 1 aromatic rings. The number of amides is 2. The monoisotopic (exact) mass is 486 g/mol. The lowest BCUT2D eigenvalue weighted by molar-refractivity contribution is -0.153. The van der Waals surface area contributed by atoms with Crippen molar-refractivity contribution in [1.82, 2.24) is 4.90 Å². The Bertz CT molecular complexity index is 977. The smallest absolute Gasteiger partial charge is 0.310 e. The molecule has 3 aliphatic rings. The van der Waals surface area contributed by atoms with Crippen LogP contribution in [0.2, 0.25) is 0 Å². The molecule has 0 radical (unpaired) electrons. The number of esters is 1. The molecule has 1 N–H and O–H groups in total. The van der Waals surface area contributed by atoms with Crippen molar-refractivity contribution in [2.24, 2.45) is 11.8 Å². The molecule has 1 aromatic carbocycles. The van der Waals surface area contributed by atoms with E-state index in [2.05, 4.69) is 6.58 Å². The van der Waals surface area contributed by atoms with Gasteiger partial charge in [-0.05, 0) is 51.2 Å². The topological polar surface area (TPSA) is 87.2 Å². The lowest BCUT2D eigenvalue weighted by atomic mass is 9.71. The fraction of sp³-hybridized carbons (Fsp3) is 0.577. The molecule has 1 spiro atoms. The first-order valence-electron chi connectivity index (χ1n) is 12.1. The maximum Gasteiger partial charge on any atom is 0.310 e. The zero-order valence-corrected chi connectivity index (χ0v) is 21.0. The van der Waals surface area contributed by atoms with Crippen molar-refractivity contribution in [3.63, 3.8) is 0 Å². The quantitative estimate of drug-likeness (QED) is 0.427. The number of aryl methyl sites for hydroxylation is 2. The van der Waals surface area contributed by atoms with Crippen LogP contribution in [-0.4, -0.2) is 70.1 Å². The van der Waals surface area contributed by atoms with Crippen molar-refractivity contribution in [3.8, 4) is 0 Å². The van der Waals surface area contributed by atoms with Gasteiger partial charge in [0, 0.05) is 30.6 Å². The van der Waals surface area contributed by atoms with E-state index in [0.717, 1.165) is 23.2 Å². The molecule has 2 amide bonds. The fourth-order valence-electron chi connectivity index (χ4n) is 6.22. The lowest BCUT2D eigenvalue weighted by Crippen LogP contribution is -2.55. The van der Waals surface area contributed by atoms with Gasteiger partial charge in [0.05, 0.1) is 23.2 Å². The second kappa shape index (κ2) is 9.74. The van der Waals surface area contributed by atoms with Crippen molar-refractivity contribution < 1.29 is 24.2 Å². The Kier molecular flexibility index (Phi) is 7.10. The number of aliphatic hydroxyl groups is 1. The summed E-state index contributed by atoms with van der Waals surface area (Å²) >= 11 is 1.63. The number of carbonyl (C=O) groups excluding carboxylic acids is 3. The van der Waals surface area contributed by atoms with Crippen molar-refractivity contribution in [2.75, 3.05) is 31.2 Å². The predicted molar refractivity (Wildman–Crippen MR) is 133 cm³/mol. The minimum Gasteiger partial charge on any atom is -0.466 e. The van der Waals surface area contributed by atoms with Gasteiger partial charge in [0.25, 0.3) is 5.91 Å². The first-order chi connectivity index (χ1) is 16.3. The summed E-state index contributed by atoms with van der Waals surface area (Å²) < 4.78 is 4.69. The molecule has 4 rings (SSSR count). The number of rotatable bonds is 9. The predicted octanol–water partition coefficient (Wildman–Crippen LogP) is 2.86. The average Bonchev–Trinajstić information content (AvgIpc) is 3.44. The molecule has 5 atom stereocenters. The Morgan fingerprint density at radius 2 is 2.06 bits per heavy atom. The van der Waals surface area contributed by atoms with E-state index in [1.54, 1.807) is 34.6 Å². The molecule has 184 valence electrons. The van der Waals surface area contributed by atoms with E-state index in [4.69, 9.17) is 4.74 Å². The molecule has 3 aliphatic heterocycles. The molecule has 8 heteroatoms. The summed E-state index contributed by atoms with van der Waals surface area (Å²) in [7, 11) is 0. The largest absolute Gasteiger partial charge is 0.466 e. The highest BCUT2D eigenvalue weighted by molar-refractivity contribution is 8.02. The van der Waals surface area contributed by atoms with Gasteiger partial charge in [-0.3, -0.25) is 14.4 Å². The van der Waals surface area contributed by atoms with Gasteiger partial charge >= 0.3 is 5.97 Å². The normalized spacial score (nSPS) is 29.3. The van der Waals surface area contributed by atoms with E-state index in [-0.39, 0.29) is 42.8 Å². The Morgan fingerprint density at radius 1 is 1.35 bits per heavy atom. The number of aliphatic hydroxyl groups excluding tert-OH is 1. The molecule has 7 nitrogen and oxygen atoms in total. The molecule has 3 fully saturated rings. The molecule has 0 aliphatic carbocycles. The molecule has 0 aromatic heterocycles. The zero-order valence-electron chi connectivity index (χ0n) is 20.2. The summed E-state index contributed by atoms with van der Waals surface area (Å²) in [5, 5.41) is 9.48. The van der Waals surface area contributed by atoms with Crippen molar-refractivity contribution in [2.45, 2.75) is 56.1 Å². The van der Waals surface area contributed by atoms with Crippen LogP contribution in [0, 0.1) is 25.7 Å². The fourth-order valence-corrected chi connectivity index (χ4v) is 8.42. The second-order valence-electron chi connectivity index (χ2n) is 9.39. The molecule has 3 heterocycles. The van der Waals surface area contributed by atoms with Crippen molar-refractivity contribution in [3.05, 3.63) is 42.0 Å². The summed E-state index contributed by atoms with van der Waals surface area (Å²) in [5.41, 5.74) is 2.79.